The molecule has 0 spiro atoms. The number of fused-ring (bicyclic) bond motifs is 1. The molecular formula is C15H14ClNO2. The number of aryl methyl sites for hydroxylation is 1. The maximum absolute atomic E-state index is 12.0. The Balaban J connectivity index is 1.98. The van der Waals surface area contributed by atoms with Gasteiger partial charge in [0.05, 0.1) is 17.9 Å². The van der Waals surface area contributed by atoms with Gasteiger partial charge < -0.3 is 9.73 Å². The number of carbonyl (C=O) groups is 1. The lowest BCUT2D eigenvalue weighted by Crippen LogP contribution is -2.22. The van der Waals surface area contributed by atoms with Crippen LogP contribution in [0.5, 0.6) is 0 Å². The van der Waals surface area contributed by atoms with Gasteiger partial charge in [0.15, 0.2) is 0 Å². The molecule has 1 unspecified atom stereocenters. The number of alkyl halides is 1. The van der Waals surface area contributed by atoms with E-state index < -0.39 is 0 Å². The molecule has 3 nitrogen and oxygen atoms in total. The van der Waals surface area contributed by atoms with E-state index in [1.807, 2.05) is 24.3 Å². The normalized spacial score (nSPS) is 16.4. The van der Waals surface area contributed by atoms with Crippen molar-refractivity contribution in [2.75, 3.05) is 6.54 Å². The predicted octanol–water partition coefficient (Wildman–Crippen LogP) is 3.28. The summed E-state index contributed by atoms with van der Waals surface area (Å²) in [6.07, 6.45) is 5.13. The predicted molar refractivity (Wildman–Crippen MR) is 73.5 cm³/mol. The van der Waals surface area contributed by atoms with Crippen molar-refractivity contribution in [1.82, 2.24) is 5.32 Å². The van der Waals surface area contributed by atoms with E-state index in [1.165, 1.54) is 0 Å². The van der Waals surface area contributed by atoms with Gasteiger partial charge in [-0.25, -0.2) is 0 Å². The van der Waals surface area contributed by atoms with Crippen LogP contribution in [0.2, 0.25) is 0 Å². The van der Waals surface area contributed by atoms with E-state index in [9.17, 15) is 4.79 Å². The third-order valence-electron chi connectivity index (χ3n) is 3.42. The zero-order valence-electron chi connectivity index (χ0n) is 10.4. The number of hydrogen-bond donors (Lipinski definition) is 1. The molecule has 98 valence electrons. The van der Waals surface area contributed by atoms with Gasteiger partial charge in [-0.3, -0.25) is 4.79 Å². The summed E-state index contributed by atoms with van der Waals surface area (Å²) in [5, 5.41) is 2.61. The summed E-state index contributed by atoms with van der Waals surface area (Å²) in [6, 6.07) is 7.72. The van der Waals surface area contributed by atoms with E-state index in [2.05, 4.69) is 5.32 Å². The Labute approximate surface area is 116 Å². The average molecular weight is 276 g/mol. The molecule has 0 radical (unpaired) electrons. The fourth-order valence-electron chi connectivity index (χ4n) is 2.37. The van der Waals surface area contributed by atoms with Crippen LogP contribution < -0.4 is 5.32 Å². The second-order valence-corrected chi connectivity index (χ2v) is 5.13. The number of nitrogens with one attached hydrogen (secondary N) is 1. The monoisotopic (exact) mass is 275 g/mol. The molecule has 0 aliphatic carbocycles. The van der Waals surface area contributed by atoms with Crippen LogP contribution in [0.4, 0.5) is 0 Å². The van der Waals surface area contributed by atoms with Gasteiger partial charge in [-0.15, -0.1) is 11.6 Å². The fourth-order valence-corrected chi connectivity index (χ4v) is 2.63. The number of benzene rings is 1. The van der Waals surface area contributed by atoms with Crippen molar-refractivity contribution in [3.63, 3.8) is 0 Å². The molecule has 0 saturated heterocycles. The lowest BCUT2D eigenvalue weighted by atomic mass is 9.98. The molecule has 0 fully saturated rings. The molecule has 0 bridgehead atoms. The second-order valence-electron chi connectivity index (χ2n) is 4.70. The van der Waals surface area contributed by atoms with Crippen molar-refractivity contribution in [3.8, 4) is 0 Å². The molecule has 1 aliphatic rings. The van der Waals surface area contributed by atoms with Crippen molar-refractivity contribution in [1.29, 1.82) is 0 Å². The lowest BCUT2D eigenvalue weighted by molar-refractivity contribution is 0.0956. The Morgan fingerprint density at radius 1 is 1.26 bits per heavy atom. The molecule has 1 aromatic carbocycles. The minimum Gasteiger partial charge on any atom is -0.472 e. The second kappa shape index (κ2) is 5.10. The number of amides is 1. The molecule has 19 heavy (non-hydrogen) atoms. The molecule has 1 N–H and O–H groups in total. The number of carbonyl (C=O) groups excluding carboxylic acids is 1. The van der Waals surface area contributed by atoms with E-state index in [-0.39, 0.29) is 11.3 Å². The molecule has 1 atom stereocenters. The molecule has 3 rings (SSSR count). The SMILES string of the molecule is O=C1NCCCc2ccc(C(Cl)c3ccoc3)cc21. The van der Waals surface area contributed by atoms with Gasteiger partial charge in [0.2, 0.25) is 0 Å². The van der Waals surface area contributed by atoms with Crippen molar-refractivity contribution < 1.29 is 9.21 Å². The first-order chi connectivity index (χ1) is 9.25. The van der Waals surface area contributed by atoms with Crippen molar-refractivity contribution in [2.24, 2.45) is 0 Å². The van der Waals surface area contributed by atoms with E-state index in [1.54, 1.807) is 12.5 Å². The Hall–Kier alpha value is -1.74. The summed E-state index contributed by atoms with van der Waals surface area (Å²) in [6.45, 7) is 0.731. The highest BCUT2D eigenvalue weighted by Gasteiger charge is 2.18. The first kappa shape index (κ1) is 12.3. The van der Waals surface area contributed by atoms with E-state index >= 15 is 0 Å². The van der Waals surface area contributed by atoms with E-state index in [0.29, 0.717) is 0 Å². The van der Waals surface area contributed by atoms with Crippen LogP contribution in [-0.2, 0) is 6.42 Å². The number of furan rings is 1. The standard InChI is InChI=1S/C15H14ClNO2/c16-14(12-5-7-19-9-12)11-4-3-10-2-1-6-17-15(18)13(10)8-11/h3-5,7-9,14H,1-2,6H2,(H,17,18). The number of hydrogen-bond acceptors (Lipinski definition) is 2. The minimum atomic E-state index is -0.292. The number of rotatable bonds is 2. The molecule has 4 heteroatoms. The van der Waals surface area contributed by atoms with Crippen molar-refractivity contribution >= 4 is 17.5 Å². The summed E-state index contributed by atoms with van der Waals surface area (Å²) < 4.78 is 5.05. The summed E-state index contributed by atoms with van der Waals surface area (Å²) in [4.78, 5) is 12.0. The van der Waals surface area contributed by atoms with Crippen LogP contribution in [0.15, 0.2) is 41.2 Å². The molecular weight excluding hydrogens is 262 g/mol. The summed E-state index contributed by atoms with van der Waals surface area (Å²) >= 11 is 6.41. The molecule has 1 aromatic heterocycles. The van der Waals surface area contributed by atoms with Crippen LogP contribution in [-0.4, -0.2) is 12.5 Å². The molecule has 0 saturated carbocycles. The van der Waals surface area contributed by atoms with E-state index in [4.69, 9.17) is 16.0 Å². The summed E-state index contributed by atoms with van der Waals surface area (Å²) in [5.74, 6) is -0.00888. The number of halogens is 1. The topological polar surface area (TPSA) is 42.2 Å². The highest BCUT2D eigenvalue weighted by atomic mass is 35.5. The van der Waals surface area contributed by atoms with Gasteiger partial charge in [0, 0.05) is 17.7 Å². The third kappa shape index (κ3) is 2.38. The smallest absolute Gasteiger partial charge is 0.251 e. The summed E-state index contributed by atoms with van der Waals surface area (Å²) in [7, 11) is 0. The van der Waals surface area contributed by atoms with Gasteiger partial charge in [-0.2, -0.15) is 0 Å². The maximum Gasteiger partial charge on any atom is 0.251 e. The Kier molecular flexibility index (Phi) is 3.30. The van der Waals surface area contributed by atoms with Gasteiger partial charge in [0.25, 0.3) is 5.91 Å². The quantitative estimate of drug-likeness (QED) is 0.855. The zero-order chi connectivity index (χ0) is 13.2. The lowest BCUT2D eigenvalue weighted by Gasteiger charge is -2.11. The maximum atomic E-state index is 12.0. The van der Waals surface area contributed by atoms with Gasteiger partial charge in [-0.1, -0.05) is 12.1 Å². The van der Waals surface area contributed by atoms with Gasteiger partial charge in [-0.05, 0) is 36.1 Å². The highest BCUT2D eigenvalue weighted by Crippen LogP contribution is 2.30. The first-order valence-corrected chi connectivity index (χ1v) is 6.76. The molecule has 2 heterocycles. The Morgan fingerprint density at radius 2 is 2.16 bits per heavy atom. The van der Waals surface area contributed by atoms with Crippen LogP contribution in [0.25, 0.3) is 0 Å². The third-order valence-corrected chi connectivity index (χ3v) is 3.92. The first-order valence-electron chi connectivity index (χ1n) is 6.33. The van der Waals surface area contributed by atoms with Crippen LogP contribution in [0, 0.1) is 0 Å². The minimum absolute atomic E-state index is 0.00888. The average Bonchev–Trinajstić information content (AvgIpc) is 2.90. The highest BCUT2D eigenvalue weighted by molar-refractivity contribution is 6.22. The molecule has 1 aliphatic heterocycles. The Morgan fingerprint density at radius 3 is 2.95 bits per heavy atom. The molecule has 1 amide bonds. The molecule has 2 aromatic rings. The van der Waals surface area contributed by atoms with E-state index in [0.717, 1.165) is 41.6 Å². The van der Waals surface area contributed by atoms with Crippen molar-refractivity contribution in [3.05, 3.63) is 59.0 Å². The fraction of sp³-hybridized carbons (Fsp3) is 0.267. The van der Waals surface area contributed by atoms with Gasteiger partial charge in [0.1, 0.15) is 0 Å². The van der Waals surface area contributed by atoms with Crippen LogP contribution in [0.3, 0.4) is 0 Å². The van der Waals surface area contributed by atoms with Crippen LogP contribution >= 0.6 is 11.6 Å². The largest absolute Gasteiger partial charge is 0.472 e. The van der Waals surface area contributed by atoms with Crippen molar-refractivity contribution in [2.45, 2.75) is 18.2 Å². The van der Waals surface area contributed by atoms with Gasteiger partial charge >= 0.3 is 0 Å². The summed E-state index contributed by atoms with van der Waals surface area (Å²) in [5.41, 5.74) is 3.65. The zero-order valence-corrected chi connectivity index (χ0v) is 11.1. The van der Waals surface area contributed by atoms with Crippen LogP contribution in [0.1, 0.15) is 38.8 Å². The Bertz CT molecular complexity index is 592.